The van der Waals surface area contributed by atoms with Gasteiger partial charge in [0.2, 0.25) is 21.8 Å². The van der Waals surface area contributed by atoms with Gasteiger partial charge in [0.15, 0.2) is 0 Å². The fraction of sp³-hybridized carbons (Fsp3) is 0.375. The maximum Gasteiger partial charge on any atom is 0.243 e. The highest BCUT2D eigenvalue weighted by Gasteiger charge is 2.32. The van der Waals surface area contributed by atoms with Crippen molar-refractivity contribution < 1.29 is 18.0 Å². The lowest BCUT2D eigenvalue weighted by Gasteiger charge is -2.33. The molecule has 1 aliphatic carbocycles. The first-order chi connectivity index (χ1) is 20.1. The van der Waals surface area contributed by atoms with Crippen LogP contribution in [0.2, 0.25) is 10.0 Å². The third-order valence-electron chi connectivity index (χ3n) is 7.51. The number of benzene rings is 3. The number of nitrogens with zero attached hydrogens (tertiary/aromatic N) is 2. The van der Waals surface area contributed by atoms with E-state index in [0.29, 0.717) is 22.2 Å². The van der Waals surface area contributed by atoms with Gasteiger partial charge in [-0.25, -0.2) is 8.42 Å². The topological polar surface area (TPSA) is 86.8 Å². The van der Waals surface area contributed by atoms with Crippen LogP contribution in [-0.2, 0) is 32.6 Å². The summed E-state index contributed by atoms with van der Waals surface area (Å²) < 4.78 is 26.4. The zero-order valence-electron chi connectivity index (χ0n) is 23.7. The fourth-order valence-corrected chi connectivity index (χ4v) is 6.64. The van der Waals surface area contributed by atoms with Crippen molar-refractivity contribution in [3.05, 3.63) is 100 Å². The van der Waals surface area contributed by atoms with E-state index in [9.17, 15) is 18.0 Å². The predicted molar refractivity (Wildman–Crippen MR) is 169 cm³/mol. The number of hydrogen-bond donors (Lipinski definition) is 1. The molecule has 3 aromatic rings. The van der Waals surface area contributed by atoms with Crippen LogP contribution in [0, 0.1) is 0 Å². The molecule has 42 heavy (non-hydrogen) atoms. The predicted octanol–water partition coefficient (Wildman–Crippen LogP) is 6.24. The summed E-state index contributed by atoms with van der Waals surface area (Å²) in [6.07, 6.45) is 5.81. The smallest absolute Gasteiger partial charge is 0.243 e. The quantitative estimate of drug-likeness (QED) is 0.242. The van der Waals surface area contributed by atoms with Crippen molar-refractivity contribution in [2.45, 2.75) is 63.6 Å². The number of carbonyl (C=O) groups is 2. The average Bonchev–Trinajstić information content (AvgIpc) is 3.48. The first-order valence-corrected chi connectivity index (χ1v) is 16.8. The molecule has 10 heteroatoms. The summed E-state index contributed by atoms with van der Waals surface area (Å²) in [6, 6.07) is 22.9. The number of para-hydroxylation sites is 1. The Morgan fingerprint density at radius 3 is 2.17 bits per heavy atom. The highest BCUT2D eigenvalue weighted by molar-refractivity contribution is 7.92. The van der Waals surface area contributed by atoms with Gasteiger partial charge in [-0.15, -0.1) is 0 Å². The van der Waals surface area contributed by atoms with E-state index in [1.165, 1.54) is 4.31 Å². The molecule has 1 N–H and O–H groups in total. The molecule has 2 amide bonds. The molecule has 1 fully saturated rings. The number of hydrogen-bond acceptors (Lipinski definition) is 4. The maximum absolute atomic E-state index is 14.0. The molecule has 0 unspecified atom stereocenters. The van der Waals surface area contributed by atoms with Gasteiger partial charge < -0.3 is 10.2 Å². The minimum absolute atomic E-state index is 0.0577. The monoisotopic (exact) mass is 629 g/mol. The van der Waals surface area contributed by atoms with E-state index in [4.69, 9.17) is 23.2 Å². The van der Waals surface area contributed by atoms with Crippen LogP contribution in [-0.4, -0.2) is 50.0 Å². The Balaban J connectivity index is 1.60. The molecule has 0 aromatic heterocycles. The van der Waals surface area contributed by atoms with Gasteiger partial charge >= 0.3 is 0 Å². The molecule has 0 radical (unpaired) electrons. The van der Waals surface area contributed by atoms with Gasteiger partial charge in [-0.2, -0.15) is 0 Å². The third-order valence-corrected chi connectivity index (χ3v) is 9.44. The molecule has 0 heterocycles. The minimum atomic E-state index is -3.56. The van der Waals surface area contributed by atoms with Crippen LogP contribution < -0.4 is 9.62 Å². The fourth-order valence-electron chi connectivity index (χ4n) is 5.35. The molecule has 0 bridgehead atoms. The van der Waals surface area contributed by atoms with Gasteiger partial charge in [0, 0.05) is 32.0 Å². The van der Waals surface area contributed by atoms with E-state index in [2.05, 4.69) is 5.32 Å². The second kappa shape index (κ2) is 14.9. The molecule has 1 aliphatic rings. The number of carbonyl (C=O) groups excluding carboxylic acids is 2. The van der Waals surface area contributed by atoms with Gasteiger partial charge in [0.25, 0.3) is 0 Å². The molecule has 1 saturated carbocycles. The summed E-state index contributed by atoms with van der Waals surface area (Å²) >= 11 is 12.5. The van der Waals surface area contributed by atoms with Crippen molar-refractivity contribution in [2.24, 2.45) is 0 Å². The molecule has 0 spiro atoms. The van der Waals surface area contributed by atoms with Crippen molar-refractivity contribution in [3.63, 3.8) is 0 Å². The highest BCUT2D eigenvalue weighted by atomic mass is 35.5. The highest BCUT2D eigenvalue weighted by Crippen LogP contribution is 2.26. The van der Waals surface area contributed by atoms with Crippen molar-refractivity contribution in [1.82, 2.24) is 10.2 Å². The molecular weight excluding hydrogens is 593 g/mol. The molecule has 224 valence electrons. The van der Waals surface area contributed by atoms with Gasteiger partial charge in [-0.3, -0.25) is 13.9 Å². The molecule has 0 aliphatic heterocycles. The van der Waals surface area contributed by atoms with Crippen LogP contribution >= 0.6 is 23.2 Å². The number of sulfonamides is 1. The van der Waals surface area contributed by atoms with E-state index in [-0.39, 0.29) is 43.8 Å². The molecular formula is C32H37Cl2N3O4S. The first-order valence-electron chi connectivity index (χ1n) is 14.2. The number of anilines is 1. The molecule has 3 aromatic carbocycles. The summed E-state index contributed by atoms with van der Waals surface area (Å²) in [5, 5.41) is 3.96. The lowest BCUT2D eigenvalue weighted by molar-refractivity contribution is -0.141. The maximum atomic E-state index is 14.0. The Bertz CT molecular complexity index is 1450. The van der Waals surface area contributed by atoms with E-state index in [1.807, 2.05) is 36.4 Å². The average molecular weight is 631 g/mol. The SMILES string of the molecule is CS(=O)(=O)N(CCCC(=O)N(Cc1ccc(Cl)c(Cl)c1)[C@@H](Cc1ccccc1)C(=O)NC1CCCC1)c1ccccc1. The Kier molecular flexibility index (Phi) is 11.3. The number of nitrogens with one attached hydrogen (secondary N) is 1. The lowest BCUT2D eigenvalue weighted by Crippen LogP contribution is -2.52. The Hall–Kier alpha value is -3.07. The van der Waals surface area contributed by atoms with Crippen LogP contribution in [0.1, 0.15) is 49.7 Å². The summed E-state index contributed by atoms with van der Waals surface area (Å²) in [4.78, 5) is 29.4. The van der Waals surface area contributed by atoms with Crippen molar-refractivity contribution in [1.29, 1.82) is 0 Å². The van der Waals surface area contributed by atoms with E-state index >= 15 is 0 Å². The number of halogens is 2. The van der Waals surface area contributed by atoms with Crippen LogP contribution in [0.25, 0.3) is 0 Å². The number of amides is 2. The Labute approximate surface area is 258 Å². The van der Waals surface area contributed by atoms with Crippen molar-refractivity contribution in [2.75, 3.05) is 17.1 Å². The Morgan fingerprint density at radius 1 is 0.905 bits per heavy atom. The summed E-state index contributed by atoms with van der Waals surface area (Å²) in [7, 11) is -3.56. The first kappa shape index (κ1) is 31.9. The van der Waals surface area contributed by atoms with Gasteiger partial charge in [0.1, 0.15) is 6.04 Å². The van der Waals surface area contributed by atoms with E-state index < -0.39 is 16.1 Å². The summed E-state index contributed by atoms with van der Waals surface area (Å²) in [5.41, 5.74) is 2.22. The van der Waals surface area contributed by atoms with Crippen LogP contribution in [0.3, 0.4) is 0 Å². The van der Waals surface area contributed by atoms with Gasteiger partial charge in [-0.05, 0) is 54.7 Å². The largest absolute Gasteiger partial charge is 0.352 e. The Morgan fingerprint density at radius 2 is 1.55 bits per heavy atom. The van der Waals surface area contributed by atoms with Crippen LogP contribution in [0.15, 0.2) is 78.9 Å². The van der Waals surface area contributed by atoms with E-state index in [0.717, 1.165) is 43.1 Å². The van der Waals surface area contributed by atoms with Crippen molar-refractivity contribution >= 4 is 50.7 Å². The second-order valence-electron chi connectivity index (χ2n) is 10.7. The second-order valence-corrected chi connectivity index (χ2v) is 13.5. The molecule has 4 rings (SSSR count). The zero-order chi connectivity index (χ0) is 30.1. The minimum Gasteiger partial charge on any atom is -0.352 e. The molecule has 1 atom stereocenters. The lowest BCUT2D eigenvalue weighted by atomic mass is 10.0. The zero-order valence-corrected chi connectivity index (χ0v) is 26.0. The molecule has 0 saturated heterocycles. The summed E-state index contributed by atoms with van der Waals surface area (Å²) in [6.45, 7) is 0.284. The third kappa shape index (κ3) is 8.96. The van der Waals surface area contributed by atoms with Gasteiger partial charge in [-0.1, -0.05) is 90.6 Å². The van der Waals surface area contributed by atoms with Crippen molar-refractivity contribution in [3.8, 4) is 0 Å². The van der Waals surface area contributed by atoms with E-state index in [1.54, 1.807) is 47.4 Å². The van der Waals surface area contributed by atoms with Crippen LogP contribution in [0.4, 0.5) is 5.69 Å². The van der Waals surface area contributed by atoms with Gasteiger partial charge in [0.05, 0.1) is 22.0 Å². The number of rotatable bonds is 13. The standard InChI is InChI=1S/C32H37Cl2N3O4S/c1-42(40,41)37(27-15-6-3-7-16-27)20-10-17-31(38)36(23-25-18-19-28(33)29(34)21-25)30(22-24-11-4-2-5-12-24)32(39)35-26-13-8-9-14-26/h2-7,11-12,15-16,18-19,21,26,30H,8-10,13-14,17,20,22-23H2,1H3,(H,35,39)/t30-/m0/s1. The molecule has 7 nitrogen and oxygen atoms in total. The van der Waals surface area contributed by atoms with Crippen LogP contribution in [0.5, 0.6) is 0 Å². The normalized spacial score (nSPS) is 14.4. The summed E-state index contributed by atoms with van der Waals surface area (Å²) in [5.74, 6) is -0.439.